The molecule has 0 bridgehead atoms. The van der Waals surface area contributed by atoms with Crippen LogP contribution in [0, 0.1) is 10.1 Å². The van der Waals surface area contributed by atoms with Crippen molar-refractivity contribution in [3.8, 4) is 0 Å². The molecule has 0 aliphatic rings. The maximum Gasteiger partial charge on any atom is 0.313 e. The Morgan fingerprint density at radius 3 is 2.31 bits per heavy atom. The fraction of sp³-hybridized carbons (Fsp3) is 0. The van der Waals surface area contributed by atoms with E-state index in [0.29, 0.717) is 0 Å². The van der Waals surface area contributed by atoms with Crippen molar-refractivity contribution in [2.75, 3.05) is 0 Å². The molecule has 1 rings (SSSR count). The first kappa shape index (κ1) is 10.2. The zero-order valence-electron chi connectivity index (χ0n) is 5.91. The fourth-order valence-electron chi connectivity index (χ4n) is 0.746. The second-order valence-corrected chi connectivity index (χ2v) is 4.22. The molecule has 1 aromatic rings. The summed E-state index contributed by atoms with van der Waals surface area (Å²) in [5.74, 6) is -0.958. The van der Waals surface area contributed by atoms with Crippen molar-refractivity contribution in [1.29, 1.82) is 0 Å². The van der Waals surface area contributed by atoms with E-state index in [9.17, 15) is 14.9 Å². The predicted molar refractivity (Wildman–Crippen MR) is 49.5 cm³/mol. The van der Waals surface area contributed by atoms with Gasteiger partial charge in [-0.05, 0) is 0 Å². The van der Waals surface area contributed by atoms with E-state index in [2.05, 4.69) is 0 Å². The number of primary amides is 1. The average molecular weight is 241 g/mol. The van der Waals surface area contributed by atoms with E-state index in [-0.39, 0.29) is 14.2 Å². The van der Waals surface area contributed by atoms with Gasteiger partial charge in [-0.25, -0.2) is 0 Å². The van der Waals surface area contributed by atoms with Crippen molar-refractivity contribution < 1.29 is 9.72 Å². The molecule has 13 heavy (non-hydrogen) atoms. The molecule has 1 amide bonds. The van der Waals surface area contributed by atoms with E-state index in [4.69, 9.17) is 28.9 Å². The maximum absolute atomic E-state index is 10.7. The van der Waals surface area contributed by atoms with Crippen LogP contribution in [0.25, 0.3) is 0 Å². The van der Waals surface area contributed by atoms with Crippen LogP contribution in [-0.4, -0.2) is 10.8 Å². The number of amides is 1. The minimum atomic E-state index is -0.958. The number of hydrogen-bond donors (Lipinski definition) is 1. The normalized spacial score (nSPS) is 10.0. The van der Waals surface area contributed by atoms with Gasteiger partial charge < -0.3 is 5.73 Å². The molecular formula is C5H2Cl2N2O3S. The third-order valence-corrected chi connectivity index (χ3v) is 2.81. The van der Waals surface area contributed by atoms with Crippen LogP contribution in [0.4, 0.5) is 5.69 Å². The Bertz CT molecular complexity index is 355. The molecule has 0 unspecified atom stereocenters. The average Bonchev–Trinajstić information content (AvgIpc) is 2.24. The van der Waals surface area contributed by atoms with Crippen LogP contribution >= 0.6 is 34.5 Å². The number of carbonyl (C=O) groups is 1. The minimum absolute atomic E-state index is 0.0656. The van der Waals surface area contributed by atoms with Gasteiger partial charge in [0.25, 0.3) is 5.91 Å². The second kappa shape index (κ2) is 3.49. The summed E-state index contributed by atoms with van der Waals surface area (Å²) < 4.78 is -0.215. The zero-order valence-corrected chi connectivity index (χ0v) is 8.24. The van der Waals surface area contributed by atoms with Crippen LogP contribution in [0.2, 0.25) is 8.67 Å². The van der Waals surface area contributed by atoms with E-state index in [0.717, 1.165) is 11.3 Å². The lowest BCUT2D eigenvalue weighted by Crippen LogP contribution is -2.12. The molecule has 0 aliphatic carbocycles. The monoisotopic (exact) mass is 240 g/mol. The lowest BCUT2D eigenvalue weighted by molar-refractivity contribution is -0.384. The van der Waals surface area contributed by atoms with Gasteiger partial charge in [0.1, 0.15) is 9.90 Å². The SMILES string of the molecule is NC(=O)c1c(Cl)sc(Cl)c1[N+](=O)[O-]. The van der Waals surface area contributed by atoms with E-state index >= 15 is 0 Å². The van der Waals surface area contributed by atoms with Gasteiger partial charge in [-0.2, -0.15) is 0 Å². The summed E-state index contributed by atoms with van der Waals surface area (Å²) in [6.45, 7) is 0. The first-order chi connectivity index (χ1) is 5.95. The first-order valence-electron chi connectivity index (χ1n) is 2.87. The molecule has 1 aromatic heterocycles. The lowest BCUT2D eigenvalue weighted by Gasteiger charge is -1.91. The number of hydrogen-bond acceptors (Lipinski definition) is 4. The Morgan fingerprint density at radius 1 is 1.46 bits per heavy atom. The van der Waals surface area contributed by atoms with Crippen LogP contribution < -0.4 is 5.73 Å². The number of rotatable bonds is 2. The van der Waals surface area contributed by atoms with Gasteiger partial charge in [-0.15, -0.1) is 11.3 Å². The second-order valence-electron chi connectivity index (χ2n) is 1.99. The molecule has 0 saturated heterocycles. The third kappa shape index (κ3) is 1.74. The standard InChI is InChI=1S/C5H2Cl2N2O3S/c6-3-1(5(8)10)2(9(11)12)4(7)13-3/h(H2,8,10). The molecule has 0 fully saturated rings. The van der Waals surface area contributed by atoms with Gasteiger partial charge in [0.2, 0.25) is 0 Å². The fourth-order valence-corrected chi connectivity index (χ4v) is 2.40. The van der Waals surface area contributed by atoms with Crippen molar-refractivity contribution in [1.82, 2.24) is 0 Å². The summed E-state index contributed by atoms with van der Waals surface area (Å²) in [6.07, 6.45) is 0. The van der Waals surface area contributed by atoms with Gasteiger partial charge in [0.15, 0.2) is 4.34 Å². The number of nitrogens with zero attached hydrogens (tertiary/aromatic N) is 1. The minimum Gasteiger partial charge on any atom is -0.365 e. The van der Waals surface area contributed by atoms with Crippen LogP contribution in [0.3, 0.4) is 0 Å². The molecule has 2 N–H and O–H groups in total. The topological polar surface area (TPSA) is 86.2 Å². The Morgan fingerprint density at radius 2 is 2.00 bits per heavy atom. The molecule has 0 aromatic carbocycles. The largest absolute Gasteiger partial charge is 0.365 e. The predicted octanol–water partition coefficient (Wildman–Crippen LogP) is 2.06. The number of carbonyl (C=O) groups excluding carboxylic acids is 1. The highest BCUT2D eigenvalue weighted by molar-refractivity contribution is 7.21. The molecule has 8 heteroatoms. The lowest BCUT2D eigenvalue weighted by atomic mass is 10.3. The van der Waals surface area contributed by atoms with Crippen LogP contribution in [0.1, 0.15) is 10.4 Å². The van der Waals surface area contributed by atoms with Gasteiger partial charge in [0, 0.05) is 0 Å². The van der Waals surface area contributed by atoms with Crippen molar-refractivity contribution in [3.63, 3.8) is 0 Å². The van der Waals surface area contributed by atoms with Gasteiger partial charge in [0.05, 0.1) is 4.92 Å². The summed E-state index contributed by atoms with van der Waals surface area (Å²) in [5.41, 5.74) is 4.03. The smallest absolute Gasteiger partial charge is 0.313 e. The molecule has 70 valence electrons. The highest BCUT2D eigenvalue weighted by Crippen LogP contribution is 2.41. The molecule has 1 heterocycles. The first-order valence-corrected chi connectivity index (χ1v) is 4.44. The summed E-state index contributed by atoms with van der Waals surface area (Å²) in [6, 6.07) is 0. The highest BCUT2D eigenvalue weighted by atomic mass is 35.5. The molecule has 5 nitrogen and oxygen atoms in total. The molecule has 0 radical (unpaired) electrons. The number of halogens is 2. The van der Waals surface area contributed by atoms with E-state index in [1.54, 1.807) is 0 Å². The maximum atomic E-state index is 10.7. The molecule has 0 spiro atoms. The van der Waals surface area contributed by atoms with Crippen LogP contribution in [0.5, 0.6) is 0 Å². The van der Waals surface area contributed by atoms with Crippen LogP contribution in [-0.2, 0) is 0 Å². The van der Waals surface area contributed by atoms with Crippen molar-refractivity contribution in [2.45, 2.75) is 0 Å². The summed E-state index contributed by atoms with van der Waals surface area (Å²) in [4.78, 5) is 20.4. The van der Waals surface area contributed by atoms with Crippen LogP contribution in [0.15, 0.2) is 0 Å². The Balaban J connectivity index is 3.47. The molecule has 0 saturated carbocycles. The summed E-state index contributed by atoms with van der Waals surface area (Å²) in [5, 5.41) is 10.4. The van der Waals surface area contributed by atoms with E-state index in [1.807, 2.05) is 0 Å². The summed E-state index contributed by atoms with van der Waals surface area (Å²) in [7, 11) is 0. The number of nitrogens with two attached hydrogens (primary N) is 1. The van der Waals surface area contributed by atoms with Crippen molar-refractivity contribution in [3.05, 3.63) is 24.4 Å². The Kier molecular flexibility index (Phi) is 2.74. The van der Waals surface area contributed by atoms with E-state index in [1.165, 1.54) is 0 Å². The molecular weight excluding hydrogens is 239 g/mol. The Labute approximate surface area is 86.2 Å². The Hall–Kier alpha value is -0.850. The number of nitro groups is 1. The van der Waals surface area contributed by atoms with E-state index < -0.39 is 16.5 Å². The van der Waals surface area contributed by atoms with Crippen molar-refractivity contribution >= 4 is 46.1 Å². The van der Waals surface area contributed by atoms with Gasteiger partial charge in [-0.1, -0.05) is 23.2 Å². The quantitative estimate of drug-likeness (QED) is 0.634. The highest BCUT2D eigenvalue weighted by Gasteiger charge is 2.29. The van der Waals surface area contributed by atoms with Gasteiger partial charge >= 0.3 is 5.69 Å². The number of thiophene rings is 1. The third-order valence-electron chi connectivity index (χ3n) is 1.23. The molecule has 0 atom stereocenters. The summed E-state index contributed by atoms with van der Waals surface area (Å²) >= 11 is 11.7. The van der Waals surface area contributed by atoms with Gasteiger partial charge in [-0.3, -0.25) is 14.9 Å². The zero-order chi connectivity index (χ0) is 10.2. The van der Waals surface area contributed by atoms with Crippen molar-refractivity contribution in [2.24, 2.45) is 5.73 Å². The molecule has 0 aliphatic heterocycles.